The third-order valence-electron chi connectivity index (χ3n) is 19.6. The minimum Gasteiger partial charge on any atom is -0.464 e. The second kappa shape index (κ2) is 22.9. The van der Waals surface area contributed by atoms with E-state index in [2.05, 4.69) is 30.8 Å². The van der Waals surface area contributed by atoms with Crippen LogP contribution in [0, 0.1) is 17.3 Å². The van der Waals surface area contributed by atoms with E-state index in [1.54, 1.807) is 19.4 Å². The molecule has 2 saturated carbocycles. The summed E-state index contributed by atoms with van der Waals surface area (Å²) < 4.78 is 71.7. The number of alkyl halides is 3. The van der Waals surface area contributed by atoms with Crippen LogP contribution in [0.5, 0.6) is 0 Å². The average molecular weight is 1160 g/mol. The molecule has 6 saturated heterocycles. The lowest BCUT2D eigenvalue weighted by molar-refractivity contribution is -0.197. The number of aromatic nitrogens is 2. The molecule has 2 aromatic carbocycles. The number of ether oxygens (including phenoxy) is 4. The van der Waals surface area contributed by atoms with Gasteiger partial charge in [-0.2, -0.15) is 13.2 Å². The molecule has 0 unspecified atom stereocenters. The van der Waals surface area contributed by atoms with Crippen LogP contribution in [-0.2, 0) is 57.5 Å². The molecule has 8 fully saturated rings. The number of halogens is 3. The van der Waals surface area contributed by atoms with Gasteiger partial charge in [0.1, 0.15) is 30.3 Å². The van der Waals surface area contributed by atoms with Crippen molar-refractivity contribution >= 4 is 40.3 Å². The largest absolute Gasteiger partial charge is 0.464 e. The number of nitrogens with zero attached hydrogens (tertiary/aromatic N) is 7. The van der Waals surface area contributed by atoms with Gasteiger partial charge in [-0.3, -0.25) is 44.3 Å². The second-order valence-electron chi connectivity index (χ2n) is 26.4. The van der Waals surface area contributed by atoms with Crippen LogP contribution in [0.3, 0.4) is 0 Å². The predicted molar refractivity (Wildman–Crippen MR) is 308 cm³/mol. The van der Waals surface area contributed by atoms with Gasteiger partial charge in [0.15, 0.2) is 0 Å². The Hall–Kier alpha value is -5.68. The number of hydrogen-bond donors (Lipinski definition) is 3. The van der Waals surface area contributed by atoms with Crippen LogP contribution in [0.25, 0.3) is 33.3 Å². The van der Waals surface area contributed by atoms with Crippen molar-refractivity contribution in [3.05, 3.63) is 71.5 Å². The van der Waals surface area contributed by atoms with E-state index in [4.69, 9.17) is 23.9 Å². The third-order valence-corrected chi connectivity index (χ3v) is 19.6. The molecule has 2 aliphatic carbocycles. The molecule has 0 radical (unpaired) electrons. The molecule has 9 aliphatic rings. The van der Waals surface area contributed by atoms with Crippen LogP contribution in [0.2, 0.25) is 0 Å². The summed E-state index contributed by atoms with van der Waals surface area (Å²) in [4.78, 5) is 72.1. The molecule has 2 aromatic heterocycles. The van der Waals surface area contributed by atoms with Crippen molar-refractivity contribution in [2.75, 3.05) is 97.3 Å². The molecule has 6 bridgehead atoms. The molecule has 3 N–H and O–H groups in total. The van der Waals surface area contributed by atoms with Gasteiger partial charge >= 0.3 is 12.1 Å². The maximum absolute atomic E-state index is 15.3. The number of amides is 3. The van der Waals surface area contributed by atoms with Gasteiger partial charge < -0.3 is 38.6 Å². The highest BCUT2D eigenvalue weighted by Crippen LogP contribution is 2.46. The number of hydrazine groups is 1. The molecule has 7 aliphatic heterocycles. The zero-order valence-corrected chi connectivity index (χ0v) is 48.9. The van der Waals surface area contributed by atoms with Gasteiger partial charge in [-0.1, -0.05) is 57.0 Å². The van der Waals surface area contributed by atoms with E-state index < -0.39 is 53.9 Å². The number of benzene rings is 2. The van der Waals surface area contributed by atoms with E-state index in [0.717, 1.165) is 61.2 Å². The van der Waals surface area contributed by atoms with Crippen molar-refractivity contribution in [2.24, 2.45) is 17.3 Å². The van der Waals surface area contributed by atoms with Crippen LogP contribution < -0.4 is 21.0 Å². The van der Waals surface area contributed by atoms with Crippen LogP contribution in [0.15, 0.2) is 54.7 Å². The summed E-state index contributed by atoms with van der Waals surface area (Å²) in [5.74, 6) is -0.389. The first-order valence-electron chi connectivity index (χ1n) is 30.8. The molecule has 452 valence electrons. The van der Waals surface area contributed by atoms with E-state index in [-0.39, 0.29) is 61.2 Å². The Kier molecular flexibility index (Phi) is 15.6. The summed E-state index contributed by atoms with van der Waals surface area (Å²) in [6.07, 6.45) is 3.92. The Morgan fingerprint density at radius 2 is 1.74 bits per heavy atom. The highest BCUT2D eigenvalue weighted by atomic mass is 19.4. The van der Waals surface area contributed by atoms with Crippen molar-refractivity contribution in [3.8, 4) is 22.4 Å². The minimum atomic E-state index is -4.61. The summed E-state index contributed by atoms with van der Waals surface area (Å²) in [7, 11) is 1.57. The normalized spacial score (nSPS) is 27.7. The molecule has 13 rings (SSSR count). The number of fused-ring (bicyclic) bond motifs is 7. The molecule has 4 aromatic rings. The number of cyclic esters (lactones) is 1. The number of carbonyl (C=O) groups excluding carboxylic acids is 4. The van der Waals surface area contributed by atoms with Gasteiger partial charge in [-0.25, -0.2) is 5.43 Å². The highest BCUT2D eigenvalue weighted by Gasteiger charge is 2.58. The van der Waals surface area contributed by atoms with Crippen molar-refractivity contribution in [2.45, 2.75) is 146 Å². The minimum absolute atomic E-state index is 0.0523. The summed E-state index contributed by atoms with van der Waals surface area (Å²) in [5, 5.41) is 8.76. The number of morpholine rings is 2. The molecule has 7 atom stereocenters. The third kappa shape index (κ3) is 11.7. The first kappa shape index (κ1) is 57.4. The first-order valence-corrected chi connectivity index (χ1v) is 30.8. The quantitative estimate of drug-likeness (QED) is 0.117. The predicted octanol–water partition coefficient (Wildman–Crippen LogP) is 6.03. The van der Waals surface area contributed by atoms with Crippen molar-refractivity contribution in [1.82, 2.24) is 45.3 Å². The van der Waals surface area contributed by atoms with Gasteiger partial charge in [-0.05, 0) is 104 Å². The fourth-order valence-electron chi connectivity index (χ4n) is 14.9. The number of rotatable bonds is 11. The van der Waals surface area contributed by atoms with Crippen LogP contribution in [-0.4, -0.2) is 193 Å². The van der Waals surface area contributed by atoms with Gasteiger partial charge in [0.05, 0.1) is 81.0 Å². The Morgan fingerprint density at radius 3 is 2.52 bits per heavy atom. The van der Waals surface area contributed by atoms with Crippen LogP contribution in [0.4, 0.5) is 18.9 Å². The molecule has 18 nitrogen and oxygen atoms in total. The number of piperazine rings is 1. The number of pyridine rings is 1. The molecular formula is C63H81F3N10O8. The van der Waals surface area contributed by atoms with Gasteiger partial charge in [0.2, 0.25) is 11.8 Å². The van der Waals surface area contributed by atoms with E-state index in [1.165, 1.54) is 22.4 Å². The van der Waals surface area contributed by atoms with Gasteiger partial charge in [0, 0.05) is 87.3 Å². The summed E-state index contributed by atoms with van der Waals surface area (Å²) in [6.45, 7) is 11.4. The Labute approximate surface area is 489 Å². The van der Waals surface area contributed by atoms with Crippen molar-refractivity contribution < 1.29 is 51.3 Å². The lowest BCUT2D eigenvalue weighted by atomic mass is 9.84. The molecular weight excluding hydrogens is 1080 g/mol. The molecule has 9 heterocycles. The zero-order chi connectivity index (χ0) is 58.2. The number of hydrogen-bond acceptors (Lipinski definition) is 14. The van der Waals surface area contributed by atoms with Crippen LogP contribution >= 0.6 is 0 Å². The van der Waals surface area contributed by atoms with Gasteiger partial charge in [-0.15, -0.1) is 0 Å². The molecule has 1 spiro atoms. The Balaban J connectivity index is 0.858. The Bertz CT molecular complexity index is 3160. The van der Waals surface area contributed by atoms with Crippen LogP contribution in [0.1, 0.15) is 95.1 Å². The molecule has 3 amide bonds. The Morgan fingerprint density at radius 1 is 0.929 bits per heavy atom. The number of esters is 1. The average Bonchev–Trinajstić information content (AvgIpc) is 2.10. The van der Waals surface area contributed by atoms with E-state index in [1.807, 2.05) is 68.1 Å². The van der Waals surface area contributed by atoms with E-state index >= 15 is 22.8 Å². The first-order chi connectivity index (χ1) is 40.4. The fraction of sp³-hybridized carbons (Fsp3) is 0.635. The van der Waals surface area contributed by atoms with Crippen molar-refractivity contribution in [3.63, 3.8) is 0 Å². The molecule has 21 heteroatoms. The van der Waals surface area contributed by atoms with Gasteiger partial charge in [0.25, 0.3) is 5.91 Å². The number of carbonyl (C=O) groups is 4. The number of likely N-dealkylation sites (tertiary alicyclic amines) is 1. The van der Waals surface area contributed by atoms with E-state index in [0.29, 0.717) is 118 Å². The lowest BCUT2D eigenvalue weighted by Crippen LogP contribution is -2.73. The molecule has 84 heavy (non-hydrogen) atoms. The maximum atomic E-state index is 15.3. The summed E-state index contributed by atoms with van der Waals surface area (Å²) in [6, 6.07) is 13.2. The monoisotopic (exact) mass is 1160 g/mol. The summed E-state index contributed by atoms with van der Waals surface area (Å²) >= 11 is 0. The fourth-order valence-corrected chi connectivity index (χ4v) is 14.9. The topological polar surface area (TPSA) is 185 Å². The SMILES string of the molecule is CO[C@@H](C)c1ncc(N2CCN3CCOC[C@@H]3C2)cc1-c1c2c3cc(ccc3n1CC(F)(F)F)-c1cccc(c1)C[C@H](NC(=O)[C@H](C1CCCC1)N1CCOC3(CN(C(=O)[C@@H]4N[C@@H]4C4CC4)C3)C1)C(=O)N1CCC[C@H](N1)C(=O)OCC(C)(C)C2. The van der Waals surface area contributed by atoms with Crippen molar-refractivity contribution in [1.29, 1.82) is 0 Å². The number of methoxy groups -OCH3 is 1. The standard InChI is InChI=1S/C63H81F3N10O8/c1-38(81-4)52-47(28-44(30-67-52)72-20-19-71-21-23-82-32-45(71)31-72)56-48-29-61(2,3)37-83-60(80)49-13-8-18-76(70-49)58(78)50(26-39-9-7-12-42(25-39)43-16-17-51(46(48)27-43)75(56)36-63(64,65)66)68-57(77)55(41-10-5-6-11-41)73-22-24-84-62(33-73)34-74(35-62)59(79)54-53(69-54)40-14-15-40/h7,9,12,16-17,25,27-28,30,38,40-41,45,49-50,53-55,69-70H,5-6,8,10-11,13-15,18-24,26,29,31-37H2,1-4H3,(H,68,77)/t38-,45-,49-,50-,53+,54+,55-/m0/s1. The number of anilines is 1. The van der Waals surface area contributed by atoms with E-state index in [9.17, 15) is 9.59 Å². The lowest BCUT2D eigenvalue weighted by Gasteiger charge is -2.55. The number of nitrogens with one attached hydrogen (secondary N) is 3. The second-order valence-corrected chi connectivity index (χ2v) is 26.4. The summed E-state index contributed by atoms with van der Waals surface area (Å²) in [5.41, 5.74) is 7.32. The highest BCUT2D eigenvalue weighted by molar-refractivity contribution is 5.96. The maximum Gasteiger partial charge on any atom is 0.406 e. The smallest absolute Gasteiger partial charge is 0.406 e. The zero-order valence-electron chi connectivity index (χ0n) is 48.9.